The molecule has 0 aliphatic rings. The lowest BCUT2D eigenvalue weighted by Crippen LogP contribution is -2.20. The Bertz CT molecular complexity index is 1470. The standard InChI is InChI=1S/C20H11FN4O3/c21-12-5-10-17-22-18-15-3-1-2-4-16(15)20(26)24(19(18)23(17)11-12)13-6-8-14(9-7-13)25(27)28/h1-11H. The van der Waals surface area contributed by atoms with Gasteiger partial charge in [0.25, 0.3) is 11.2 Å². The third kappa shape index (κ3) is 2.21. The van der Waals surface area contributed by atoms with E-state index in [0.29, 0.717) is 33.3 Å². The summed E-state index contributed by atoms with van der Waals surface area (Å²) in [6.07, 6.45) is 1.26. The summed E-state index contributed by atoms with van der Waals surface area (Å²) in [6, 6.07) is 15.5. The molecule has 0 atom stereocenters. The first-order valence-corrected chi connectivity index (χ1v) is 8.40. The van der Waals surface area contributed by atoms with Crippen molar-refractivity contribution in [1.82, 2.24) is 14.0 Å². The molecule has 0 spiro atoms. The van der Waals surface area contributed by atoms with Gasteiger partial charge in [-0.05, 0) is 30.3 Å². The highest BCUT2D eigenvalue weighted by molar-refractivity contribution is 6.04. The number of non-ortho nitro benzene ring substituents is 1. The van der Waals surface area contributed by atoms with E-state index in [9.17, 15) is 19.3 Å². The van der Waals surface area contributed by atoms with Crippen molar-refractivity contribution in [1.29, 1.82) is 0 Å². The van der Waals surface area contributed by atoms with Crippen molar-refractivity contribution in [2.45, 2.75) is 0 Å². The van der Waals surface area contributed by atoms with Crippen LogP contribution in [0.3, 0.4) is 0 Å². The average molecular weight is 374 g/mol. The number of nitrogens with zero attached hydrogens (tertiary/aromatic N) is 4. The molecule has 0 saturated carbocycles. The van der Waals surface area contributed by atoms with Crippen LogP contribution in [-0.2, 0) is 0 Å². The van der Waals surface area contributed by atoms with E-state index in [-0.39, 0.29) is 11.2 Å². The van der Waals surface area contributed by atoms with Gasteiger partial charge in [-0.2, -0.15) is 0 Å². The number of nitro benzene ring substituents is 1. The van der Waals surface area contributed by atoms with Gasteiger partial charge in [0.2, 0.25) is 0 Å². The number of rotatable bonds is 2. The molecule has 3 heterocycles. The molecular formula is C20H11FN4O3. The molecule has 28 heavy (non-hydrogen) atoms. The maximum absolute atomic E-state index is 13.9. The smallest absolute Gasteiger partial charge is 0.269 e. The number of imidazole rings is 1. The quantitative estimate of drug-likeness (QED) is 0.347. The summed E-state index contributed by atoms with van der Waals surface area (Å²) in [6.45, 7) is 0. The topological polar surface area (TPSA) is 82.4 Å². The molecule has 3 aromatic heterocycles. The number of benzene rings is 2. The highest BCUT2D eigenvalue weighted by Gasteiger charge is 2.18. The molecule has 2 aromatic carbocycles. The molecule has 5 rings (SSSR count). The summed E-state index contributed by atoms with van der Waals surface area (Å²) in [4.78, 5) is 28.3. The molecule has 0 fully saturated rings. The monoisotopic (exact) mass is 374 g/mol. The number of halogens is 1. The maximum atomic E-state index is 13.9. The zero-order chi connectivity index (χ0) is 19.4. The van der Waals surface area contributed by atoms with Gasteiger partial charge in [0.15, 0.2) is 5.65 Å². The van der Waals surface area contributed by atoms with E-state index in [1.807, 2.05) is 6.07 Å². The van der Waals surface area contributed by atoms with Crippen molar-refractivity contribution in [3.05, 3.63) is 93.1 Å². The second-order valence-corrected chi connectivity index (χ2v) is 6.32. The maximum Gasteiger partial charge on any atom is 0.269 e. The lowest BCUT2D eigenvalue weighted by molar-refractivity contribution is -0.384. The fourth-order valence-electron chi connectivity index (χ4n) is 3.46. The number of hydrogen-bond donors (Lipinski definition) is 0. The lowest BCUT2D eigenvalue weighted by atomic mass is 10.1. The summed E-state index contributed by atoms with van der Waals surface area (Å²) in [5.74, 6) is -0.470. The summed E-state index contributed by atoms with van der Waals surface area (Å²) >= 11 is 0. The van der Waals surface area contributed by atoms with Gasteiger partial charge in [0.05, 0.1) is 10.6 Å². The van der Waals surface area contributed by atoms with Crippen LogP contribution in [0.1, 0.15) is 0 Å². The molecule has 0 saturated heterocycles. The number of nitro groups is 1. The van der Waals surface area contributed by atoms with Crippen molar-refractivity contribution in [3.8, 4) is 5.69 Å². The number of fused-ring (bicyclic) bond motifs is 5. The van der Waals surface area contributed by atoms with Gasteiger partial charge in [-0.25, -0.2) is 9.37 Å². The van der Waals surface area contributed by atoms with Crippen LogP contribution in [0.5, 0.6) is 0 Å². The third-order valence-corrected chi connectivity index (χ3v) is 4.70. The zero-order valence-electron chi connectivity index (χ0n) is 14.2. The highest BCUT2D eigenvalue weighted by atomic mass is 19.1. The normalized spacial score (nSPS) is 11.5. The first kappa shape index (κ1) is 16.1. The Labute approximate surface area is 156 Å². The van der Waals surface area contributed by atoms with Gasteiger partial charge in [-0.3, -0.25) is 23.9 Å². The fraction of sp³-hybridized carbons (Fsp3) is 0. The molecule has 0 amide bonds. The van der Waals surface area contributed by atoms with Crippen molar-refractivity contribution in [2.24, 2.45) is 0 Å². The van der Waals surface area contributed by atoms with Crippen molar-refractivity contribution in [2.75, 3.05) is 0 Å². The summed E-state index contributed by atoms with van der Waals surface area (Å²) in [5, 5.41) is 12.1. The number of hydrogen-bond acceptors (Lipinski definition) is 4. The molecule has 5 aromatic rings. The molecule has 8 heteroatoms. The predicted molar refractivity (Wildman–Crippen MR) is 102 cm³/mol. The van der Waals surface area contributed by atoms with Gasteiger partial charge in [0, 0.05) is 29.1 Å². The van der Waals surface area contributed by atoms with E-state index in [2.05, 4.69) is 4.98 Å². The summed E-state index contributed by atoms with van der Waals surface area (Å²) in [7, 11) is 0. The second kappa shape index (κ2) is 5.71. The van der Waals surface area contributed by atoms with Gasteiger partial charge in [-0.1, -0.05) is 18.2 Å². The van der Waals surface area contributed by atoms with Crippen molar-refractivity contribution < 1.29 is 9.31 Å². The Hall–Kier alpha value is -4.07. The molecule has 0 radical (unpaired) electrons. The Morgan fingerprint density at radius 3 is 2.39 bits per heavy atom. The van der Waals surface area contributed by atoms with E-state index in [4.69, 9.17) is 0 Å². The molecule has 0 bridgehead atoms. The Balaban J connectivity index is 1.99. The van der Waals surface area contributed by atoms with Crippen LogP contribution >= 0.6 is 0 Å². The average Bonchev–Trinajstić information content (AvgIpc) is 3.07. The fourth-order valence-corrected chi connectivity index (χ4v) is 3.46. The van der Waals surface area contributed by atoms with Gasteiger partial charge in [-0.15, -0.1) is 0 Å². The van der Waals surface area contributed by atoms with Crippen LogP contribution in [0, 0.1) is 15.9 Å². The van der Waals surface area contributed by atoms with Crippen LogP contribution in [-0.4, -0.2) is 18.9 Å². The minimum Gasteiger partial charge on any atom is -0.282 e. The molecule has 0 aliphatic carbocycles. The van der Waals surface area contributed by atoms with Crippen LogP contribution in [0.25, 0.3) is 33.3 Å². The molecular weight excluding hydrogens is 363 g/mol. The molecule has 0 aliphatic heterocycles. The van der Waals surface area contributed by atoms with Crippen LogP contribution < -0.4 is 5.56 Å². The second-order valence-electron chi connectivity index (χ2n) is 6.32. The van der Waals surface area contributed by atoms with Crippen LogP contribution in [0.4, 0.5) is 10.1 Å². The molecule has 0 unspecified atom stereocenters. The van der Waals surface area contributed by atoms with Gasteiger partial charge < -0.3 is 0 Å². The summed E-state index contributed by atoms with van der Waals surface area (Å²) in [5.41, 5.74) is 1.45. The van der Waals surface area contributed by atoms with Crippen molar-refractivity contribution in [3.63, 3.8) is 0 Å². The van der Waals surface area contributed by atoms with E-state index >= 15 is 0 Å². The minimum atomic E-state index is -0.508. The number of aromatic nitrogens is 3. The first-order chi connectivity index (χ1) is 13.5. The molecule has 7 nitrogen and oxygen atoms in total. The van der Waals surface area contributed by atoms with E-state index in [0.717, 1.165) is 0 Å². The SMILES string of the molecule is O=c1c2ccccc2c2nc3ccc(F)cn3c2n1-c1ccc([N+](=O)[O-])cc1. The zero-order valence-corrected chi connectivity index (χ0v) is 14.2. The Kier molecular flexibility index (Phi) is 3.29. The largest absolute Gasteiger partial charge is 0.282 e. The molecule has 136 valence electrons. The summed E-state index contributed by atoms with van der Waals surface area (Å²) < 4.78 is 16.8. The first-order valence-electron chi connectivity index (χ1n) is 8.40. The lowest BCUT2D eigenvalue weighted by Gasteiger charge is -2.11. The van der Waals surface area contributed by atoms with Crippen LogP contribution in [0.15, 0.2) is 71.7 Å². The third-order valence-electron chi connectivity index (χ3n) is 4.70. The molecule has 0 N–H and O–H groups in total. The highest BCUT2D eigenvalue weighted by Crippen LogP contribution is 2.26. The Morgan fingerprint density at radius 2 is 1.68 bits per heavy atom. The van der Waals surface area contributed by atoms with Gasteiger partial charge >= 0.3 is 0 Å². The minimum absolute atomic E-state index is 0.0852. The van der Waals surface area contributed by atoms with Crippen molar-refractivity contribution >= 4 is 33.3 Å². The van der Waals surface area contributed by atoms with Gasteiger partial charge in [0.1, 0.15) is 17.0 Å². The Morgan fingerprint density at radius 1 is 0.964 bits per heavy atom. The van der Waals surface area contributed by atoms with E-state index in [1.165, 1.54) is 51.6 Å². The predicted octanol–water partition coefficient (Wildman–Crippen LogP) is 3.84. The van der Waals surface area contributed by atoms with Crippen LogP contribution in [0.2, 0.25) is 0 Å². The van der Waals surface area contributed by atoms with E-state index < -0.39 is 10.7 Å². The number of pyridine rings is 2. The van der Waals surface area contributed by atoms with E-state index in [1.54, 1.807) is 18.2 Å².